The van der Waals surface area contributed by atoms with E-state index in [9.17, 15) is 0 Å². The number of benzene rings is 6. The van der Waals surface area contributed by atoms with Crippen LogP contribution in [-0.4, -0.2) is 0 Å². The van der Waals surface area contributed by atoms with Crippen molar-refractivity contribution in [3.63, 3.8) is 0 Å². The molecule has 7 aromatic rings. The van der Waals surface area contributed by atoms with E-state index in [1.165, 1.54) is 65.0 Å². The Bertz CT molecular complexity index is 1870. The van der Waals surface area contributed by atoms with Crippen LogP contribution in [0.5, 0.6) is 0 Å². The first-order chi connectivity index (χ1) is 19.4. The lowest BCUT2D eigenvalue weighted by atomic mass is 9.89. The molecule has 0 nitrogen and oxygen atoms in total. The van der Waals surface area contributed by atoms with Crippen molar-refractivity contribution in [1.29, 1.82) is 0 Å². The number of rotatable bonds is 5. The quantitative estimate of drug-likeness (QED) is 0.214. The third-order valence-electron chi connectivity index (χ3n) is 7.33. The molecule has 7 rings (SSSR count). The Morgan fingerprint density at radius 1 is 0.256 bits per heavy atom. The Kier molecular flexibility index (Phi) is 6.13. The molecule has 0 saturated heterocycles. The smallest absolute Gasteiger partial charge is 0.0440 e. The Morgan fingerprint density at radius 3 is 1.10 bits per heavy atom. The van der Waals surface area contributed by atoms with Crippen LogP contribution in [0.1, 0.15) is 0 Å². The molecule has 0 atom stereocenters. The molecule has 0 N–H and O–H groups in total. The fraction of sp³-hybridized carbons (Fsp3) is 0. The number of hydrogen-bond donors (Lipinski definition) is 0. The molecule has 0 amide bonds. The highest BCUT2D eigenvalue weighted by atomic mass is 32.1. The maximum atomic E-state index is 2.32. The highest BCUT2D eigenvalue weighted by molar-refractivity contribution is 7.21. The summed E-state index contributed by atoms with van der Waals surface area (Å²) in [6.45, 7) is 0. The van der Waals surface area contributed by atoms with Crippen LogP contribution in [0.25, 0.3) is 65.0 Å². The van der Waals surface area contributed by atoms with Crippen LogP contribution < -0.4 is 0 Å². The van der Waals surface area contributed by atoms with Gasteiger partial charge in [-0.3, -0.25) is 0 Å². The first kappa shape index (κ1) is 23.4. The van der Waals surface area contributed by atoms with Crippen molar-refractivity contribution < 1.29 is 0 Å². The van der Waals surface area contributed by atoms with Gasteiger partial charge in [0.1, 0.15) is 0 Å². The molecule has 0 aliphatic heterocycles. The van der Waals surface area contributed by atoms with Gasteiger partial charge in [0.15, 0.2) is 0 Å². The van der Waals surface area contributed by atoms with Crippen LogP contribution in [0.15, 0.2) is 158 Å². The molecule has 0 saturated carbocycles. The number of hydrogen-bond acceptors (Lipinski definition) is 1. The molecular weight excluding hydrogens is 488 g/mol. The zero-order valence-electron chi connectivity index (χ0n) is 21.4. The van der Waals surface area contributed by atoms with Crippen molar-refractivity contribution >= 4 is 22.1 Å². The first-order valence-electron chi connectivity index (χ1n) is 13.3. The van der Waals surface area contributed by atoms with Gasteiger partial charge >= 0.3 is 0 Å². The number of fused-ring (bicyclic) bond motifs is 1. The standard InChI is InChI=1S/C38H26S/c1-5-15-27(16-6-1)31-23-13-14-24-34(31)38-36-33(29-19-9-3-10-20-29)26-25-32(28-17-7-2-8-18-28)35(36)37(39-38)30-21-11-4-12-22-30/h1-26H. The van der Waals surface area contributed by atoms with Gasteiger partial charge in [0.2, 0.25) is 0 Å². The molecule has 0 radical (unpaired) electrons. The zero-order chi connectivity index (χ0) is 26.0. The van der Waals surface area contributed by atoms with Gasteiger partial charge < -0.3 is 0 Å². The third kappa shape index (κ3) is 4.27. The maximum Gasteiger partial charge on any atom is 0.0440 e. The van der Waals surface area contributed by atoms with Gasteiger partial charge in [-0.1, -0.05) is 158 Å². The van der Waals surface area contributed by atoms with Crippen LogP contribution in [0.3, 0.4) is 0 Å². The molecule has 1 heterocycles. The summed E-state index contributed by atoms with van der Waals surface area (Å²) in [7, 11) is 0. The van der Waals surface area contributed by atoms with Crippen molar-refractivity contribution in [3.8, 4) is 54.3 Å². The average Bonchev–Trinajstić information content (AvgIpc) is 3.43. The summed E-state index contributed by atoms with van der Waals surface area (Å²) < 4.78 is 0. The SMILES string of the molecule is c1ccc(-c2ccccc2-c2sc(-c3ccccc3)c3c(-c4ccccc4)ccc(-c4ccccc4)c23)cc1. The van der Waals surface area contributed by atoms with E-state index in [0.29, 0.717) is 0 Å². The van der Waals surface area contributed by atoms with E-state index in [-0.39, 0.29) is 0 Å². The molecule has 6 aromatic carbocycles. The van der Waals surface area contributed by atoms with Crippen molar-refractivity contribution in [1.82, 2.24) is 0 Å². The average molecular weight is 515 g/mol. The normalized spacial score (nSPS) is 11.1. The lowest BCUT2D eigenvalue weighted by molar-refractivity contribution is 1.61. The second-order valence-corrected chi connectivity index (χ2v) is 10.7. The Labute approximate surface area is 233 Å². The molecule has 0 aliphatic rings. The minimum atomic E-state index is 1.23. The van der Waals surface area contributed by atoms with E-state index in [1.807, 2.05) is 11.3 Å². The molecule has 1 aromatic heterocycles. The fourth-order valence-electron chi connectivity index (χ4n) is 5.53. The molecule has 0 bridgehead atoms. The van der Waals surface area contributed by atoms with Gasteiger partial charge in [-0.15, -0.1) is 11.3 Å². The Morgan fingerprint density at radius 2 is 0.615 bits per heavy atom. The van der Waals surface area contributed by atoms with E-state index >= 15 is 0 Å². The van der Waals surface area contributed by atoms with Crippen LogP contribution in [0, 0.1) is 0 Å². The van der Waals surface area contributed by atoms with Crippen LogP contribution in [-0.2, 0) is 0 Å². The van der Waals surface area contributed by atoms with Gasteiger partial charge in [-0.25, -0.2) is 0 Å². The van der Waals surface area contributed by atoms with Crippen LogP contribution in [0.4, 0.5) is 0 Å². The second-order valence-electron chi connectivity index (χ2n) is 9.68. The summed E-state index contributed by atoms with van der Waals surface area (Å²) in [5, 5.41) is 2.63. The lowest BCUT2D eigenvalue weighted by Gasteiger charge is -2.14. The van der Waals surface area contributed by atoms with E-state index < -0.39 is 0 Å². The third-order valence-corrected chi connectivity index (χ3v) is 8.60. The summed E-state index contributed by atoms with van der Waals surface area (Å²) in [6.07, 6.45) is 0. The summed E-state index contributed by atoms with van der Waals surface area (Å²) in [4.78, 5) is 2.61. The highest BCUT2D eigenvalue weighted by Gasteiger charge is 2.23. The highest BCUT2D eigenvalue weighted by Crippen LogP contribution is 2.52. The molecule has 39 heavy (non-hydrogen) atoms. The minimum absolute atomic E-state index is 1.23. The van der Waals surface area contributed by atoms with E-state index in [2.05, 4.69) is 158 Å². The van der Waals surface area contributed by atoms with E-state index in [4.69, 9.17) is 0 Å². The predicted molar refractivity (Wildman–Crippen MR) is 169 cm³/mol. The summed E-state index contributed by atoms with van der Waals surface area (Å²) in [6, 6.07) is 56.7. The van der Waals surface area contributed by atoms with Gasteiger partial charge in [-0.2, -0.15) is 0 Å². The molecule has 0 spiro atoms. The minimum Gasteiger partial charge on any atom is -0.134 e. The summed E-state index contributed by atoms with van der Waals surface area (Å²) in [5.74, 6) is 0. The lowest BCUT2D eigenvalue weighted by Crippen LogP contribution is -1.88. The van der Waals surface area contributed by atoms with Crippen molar-refractivity contribution in [2.75, 3.05) is 0 Å². The van der Waals surface area contributed by atoms with E-state index in [0.717, 1.165) is 0 Å². The molecular formula is C38H26S. The van der Waals surface area contributed by atoms with Crippen molar-refractivity contribution in [2.24, 2.45) is 0 Å². The van der Waals surface area contributed by atoms with E-state index in [1.54, 1.807) is 0 Å². The topological polar surface area (TPSA) is 0 Å². The van der Waals surface area contributed by atoms with Crippen LogP contribution >= 0.6 is 11.3 Å². The molecule has 0 fully saturated rings. The monoisotopic (exact) mass is 514 g/mol. The molecule has 0 unspecified atom stereocenters. The summed E-state index contributed by atoms with van der Waals surface area (Å²) in [5.41, 5.74) is 10.0. The van der Waals surface area contributed by atoms with Gasteiger partial charge in [0.25, 0.3) is 0 Å². The van der Waals surface area contributed by atoms with Gasteiger partial charge in [-0.05, 0) is 38.9 Å². The Hall–Kier alpha value is -4.72. The van der Waals surface area contributed by atoms with Crippen LogP contribution in [0.2, 0.25) is 0 Å². The Balaban J connectivity index is 1.64. The molecule has 0 aliphatic carbocycles. The number of thiophene rings is 1. The predicted octanol–water partition coefficient (Wildman–Crippen LogP) is 11.2. The maximum absolute atomic E-state index is 2.32. The largest absolute Gasteiger partial charge is 0.134 e. The van der Waals surface area contributed by atoms with Crippen molar-refractivity contribution in [3.05, 3.63) is 158 Å². The molecule has 184 valence electrons. The van der Waals surface area contributed by atoms with Gasteiger partial charge in [0, 0.05) is 26.1 Å². The fourth-order valence-corrected chi connectivity index (χ4v) is 6.90. The second kappa shape index (κ2) is 10.2. The first-order valence-corrected chi connectivity index (χ1v) is 14.1. The van der Waals surface area contributed by atoms with Gasteiger partial charge in [0.05, 0.1) is 0 Å². The molecule has 1 heteroatoms. The summed E-state index contributed by atoms with van der Waals surface area (Å²) >= 11 is 1.91. The zero-order valence-corrected chi connectivity index (χ0v) is 22.2. The van der Waals surface area contributed by atoms with Crippen molar-refractivity contribution in [2.45, 2.75) is 0 Å².